The first-order valence-corrected chi connectivity index (χ1v) is 13.1. The number of hydrogen-bond donors (Lipinski definition) is 3. The van der Waals surface area contributed by atoms with E-state index in [0.717, 1.165) is 41.2 Å². The van der Waals surface area contributed by atoms with Gasteiger partial charge >= 0.3 is 6.09 Å². The third-order valence-electron chi connectivity index (χ3n) is 6.55. The monoisotopic (exact) mass is 533 g/mol. The molecular formula is C30H39N5O4. The average Bonchev–Trinajstić information content (AvgIpc) is 2.88. The first kappa shape index (κ1) is 27.9. The van der Waals surface area contributed by atoms with Crippen molar-refractivity contribution in [2.45, 2.75) is 64.4 Å². The van der Waals surface area contributed by atoms with E-state index >= 15 is 0 Å². The van der Waals surface area contributed by atoms with Crippen LogP contribution in [0.3, 0.4) is 0 Å². The molecule has 39 heavy (non-hydrogen) atoms. The average molecular weight is 534 g/mol. The van der Waals surface area contributed by atoms with Crippen LogP contribution in [0.25, 0.3) is 0 Å². The zero-order valence-electron chi connectivity index (χ0n) is 23.4. The summed E-state index contributed by atoms with van der Waals surface area (Å²) in [5, 5.41) is 6.47. The maximum atomic E-state index is 12.1. The molecule has 0 aliphatic heterocycles. The molecule has 0 saturated heterocycles. The number of amides is 1. The summed E-state index contributed by atoms with van der Waals surface area (Å²) >= 11 is 0. The van der Waals surface area contributed by atoms with E-state index in [4.69, 9.17) is 19.9 Å². The molecular weight excluding hydrogens is 494 g/mol. The van der Waals surface area contributed by atoms with E-state index in [2.05, 4.69) is 20.5 Å². The molecule has 1 aliphatic carbocycles. The Bertz CT molecular complexity index is 1190. The summed E-state index contributed by atoms with van der Waals surface area (Å²) in [4.78, 5) is 18.9. The van der Waals surface area contributed by atoms with E-state index in [-0.39, 0.29) is 18.2 Å². The highest BCUT2D eigenvalue weighted by Crippen LogP contribution is 2.34. The van der Waals surface area contributed by atoms with Gasteiger partial charge in [0.05, 0.1) is 25.6 Å². The van der Waals surface area contributed by atoms with Crippen molar-refractivity contribution in [2.75, 3.05) is 30.2 Å². The summed E-state index contributed by atoms with van der Waals surface area (Å²) in [6.45, 7) is 6.79. The molecule has 4 rings (SSSR count). The minimum atomic E-state index is -0.517. The first-order valence-electron chi connectivity index (χ1n) is 13.1. The predicted octanol–water partition coefficient (Wildman–Crippen LogP) is 5.36. The molecule has 2 aromatic carbocycles. The predicted molar refractivity (Wildman–Crippen MR) is 154 cm³/mol. The molecule has 9 heteroatoms. The summed E-state index contributed by atoms with van der Waals surface area (Å²) in [5.74, 6) is 2.32. The van der Waals surface area contributed by atoms with Gasteiger partial charge < -0.3 is 35.5 Å². The number of ether oxygens (including phenoxy) is 3. The van der Waals surface area contributed by atoms with Crippen LogP contribution in [0.5, 0.6) is 11.5 Å². The molecule has 1 aliphatic rings. The van der Waals surface area contributed by atoms with Crippen molar-refractivity contribution in [3.8, 4) is 11.5 Å². The Labute approximate surface area is 230 Å². The van der Waals surface area contributed by atoms with Crippen molar-refractivity contribution in [2.24, 2.45) is 0 Å². The van der Waals surface area contributed by atoms with Crippen LogP contribution < -0.4 is 30.7 Å². The normalized spacial score (nSPS) is 16.5. The number of methoxy groups -OCH3 is 2. The molecule has 9 nitrogen and oxygen atoms in total. The third-order valence-corrected chi connectivity index (χ3v) is 6.55. The molecule has 1 heterocycles. The smallest absolute Gasteiger partial charge is 0.407 e. The molecule has 0 bridgehead atoms. The van der Waals surface area contributed by atoms with Crippen LogP contribution in [-0.4, -0.2) is 43.0 Å². The van der Waals surface area contributed by atoms with Gasteiger partial charge in [0, 0.05) is 31.4 Å². The fourth-order valence-electron chi connectivity index (χ4n) is 4.50. The van der Waals surface area contributed by atoms with Gasteiger partial charge in [0.25, 0.3) is 0 Å². The van der Waals surface area contributed by atoms with Crippen LogP contribution in [0.4, 0.5) is 22.0 Å². The fourth-order valence-corrected chi connectivity index (χ4v) is 4.50. The summed E-state index contributed by atoms with van der Waals surface area (Å²) in [6.07, 6.45) is 2.97. The van der Waals surface area contributed by atoms with Gasteiger partial charge in [-0.3, -0.25) is 0 Å². The highest BCUT2D eigenvalue weighted by Gasteiger charge is 2.32. The number of nitrogens with zero attached hydrogens (tertiary/aromatic N) is 2. The number of anilines is 3. The highest BCUT2D eigenvalue weighted by molar-refractivity contribution is 5.78. The number of nitrogens with one attached hydrogen (secondary N) is 2. The molecule has 208 valence electrons. The molecule has 3 aromatic rings. The molecule has 1 amide bonds. The van der Waals surface area contributed by atoms with E-state index in [1.807, 2.05) is 75.4 Å². The third kappa shape index (κ3) is 7.69. The standard InChI is InChI=1S/C30H39N5O4/c1-30(2,3)39-29(36)34-23-16-22(17-23)33-26-14-15-32-28(27(26)31)35(18-20-6-10-24(37-4)11-7-20)19-21-8-12-25(38-5)13-9-21/h6-15,22-23H,16-19,31H2,1-5H3,(H,32,33)(H,34,36)/t22-,23+. The van der Waals surface area contributed by atoms with Crippen molar-refractivity contribution in [1.29, 1.82) is 0 Å². The van der Waals surface area contributed by atoms with Gasteiger partial charge in [-0.25, -0.2) is 9.78 Å². The molecule has 4 N–H and O–H groups in total. The Hall–Kier alpha value is -4.14. The van der Waals surface area contributed by atoms with E-state index in [1.54, 1.807) is 20.4 Å². The van der Waals surface area contributed by atoms with Crippen LogP contribution in [-0.2, 0) is 17.8 Å². The van der Waals surface area contributed by atoms with Crippen molar-refractivity contribution in [3.05, 3.63) is 71.9 Å². The molecule has 1 fully saturated rings. The van der Waals surface area contributed by atoms with Crippen molar-refractivity contribution < 1.29 is 19.0 Å². The van der Waals surface area contributed by atoms with E-state index < -0.39 is 5.60 Å². The molecule has 1 aromatic heterocycles. The van der Waals surface area contributed by atoms with Crippen LogP contribution in [0.1, 0.15) is 44.7 Å². The van der Waals surface area contributed by atoms with Crippen molar-refractivity contribution in [1.82, 2.24) is 10.3 Å². The quantitative estimate of drug-likeness (QED) is 0.320. The largest absolute Gasteiger partial charge is 0.497 e. The van der Waals surface area contributed by atoms with Crippen LogP contribution >= 0.6 is 0 Å². The lowest BCUT2D eigenvalue weighted by Crippen LogP contribution is -2.50. The van der Waals surface area contributed by atoms with E-state index in [0.29, 0.717) is 24.6 Å². The SMILES string of the molecule is COc1ccc(CN(Cc2ccc(OC)cc2)c2nccc(N[C@H]3C[C@@H](NC(=O)OC(C)(C)C)C3)c2N)cc1. The zero-order valence-corrected chi connectivity index (χ0v) is 23.4. The van der Waals surface area contributed by atoms with Crippen molar-refractivity contribution in [3.63, 3.8) is 0 Å². The second kappa shape index (κ2) is 12.1. The number of aromatic nitrogens is 1. The lowest BCUT2D eigenvalue weighted by atomic mass is 9.86. The Morgan fingerprint density at radius 1 is 0.923 bits per heavy atom. The number of rotatable bonds is 10. The summed E-state index contributed by atoms with van der Waals surface area (Å²) in [6, 6.07) is 18.2. The van der Waals surface area contributed by atoms with Gasteiger partial charge in [-0.15, -0.1) is 0 Å². The van der Waals surface area contributed by atoms with Gasteiger partial charge in [0.2, 0.25) is 0 Å². The van der Waals surface area contributed by atoms with Crippen molar-refractivity contribution >= 4 is 23.3 Å². The highest BCUT2D eigenvalue weighted by atomic mass is 16.6. The summed E-state index contributed by atoms with van der Waals surface area (Å²) in [5.41, 5.74) is 9.82. The van der Waals surface area contributed by atoms with Gasteiger partial charge in [-0.1, -0.05) is 24.3 Å². The molecule has 0 atom stereocenters. The summed E-state index contributed by atoms with van der Waals surface area (Å²) in [7, 11) is 3.32. The molecule has 0 radical (unpaired) electrons. The van der Waals surface area contributed by atoms with Crippen LogP contribution in [0.15, 0.2) is 60.8 Å². The lowest BCUT2D eigenvalue weighted by Gasteiger charge is -2.37. The maximum Gasteiger partial charge on any atom is 0.407 e. The lowest BCUT2D eigenvalue weighted by molar-refractivity contribution is 0.0475. The zero-order chi connectivity index (χ0) is 28.0. The Morgan fingerprint density at radius 2 is 1.46 bits per heavy atom. The molecule has 1 saturated carbocycles. The number of carbonyl (C=O) groups excluding carboxylic acids is 1. The second-order valence-electron chi connectivity index (χ2n) is 10.8. The number of nitrogen functional groups attached to an aromatic ring is 1. The number of alkyl carbamates (subject to hydrolysis) is 1. The fraction of sp³-hybridized carbons (Fsp3) is 0.400. The molecule has 0 unspecified atom stereocenters. The van der Waals surface area contributed by atoms with Gasteiger partial charge in [-0.05, 0) is 75.1 Å². The van der Waals surface area contributed by atoms with E-state index in [1.165, 1.54) is 0 Å². The number of carbonyl (C=O) groups is 1. The number of hydrogen-bond acceptors (Lipinski definition) is 8. The number of benzene rings is 2. The molecule has 0 spiro atoms. The van der Waals surface area contributed by atoms with Gasteiger partial charge in [-0.2, -0.15) is 0 Å². The van der Waals surface area contributed by atoms with Gasteiger partial charge in [0.1, 0.15) is 17.1 Å². The number of nitrogens with two attached hydrogens (primary N) is 1. The minimum absolute atomic E-state index is 0.0709. The second-order valence-corrected chi connectivity index (χ2v) is 10.8. The minimum Gasteiger partial charge on any atom is -0.497 e. The van der Waals surface area contributed by atoms with E-state index in [9.17, 15) is 4.79 Å². The summed E-state index contributed by atoms with van der Waals surface area (Å²) < 4.78 is 16.0. The number of pyridine rings is 1. The topological polar surface area (TPSA) is 111 Å². The van der Waals surface area contributed by atoms with Crippen LogP contribution in [0.2, 0.25) is 0 Å². The Kier molecular flexibility index (Phi) is 8.69. The van der Waals surface area contributed by atoms with Crippen LogP contribution in [0, 0.1) is 0 Å². The first-order chi connectivity index (χ1) is 18.6. The Balaban J connectivity index is 1.47. The van der Waals surface area contributed by atoms with Gasteiger partial charge in [0.15, 0.2) is 5.82 Å². The maximum absolute atomic E-state index is 12.1. The Morgan fingerprint density at radius 3 is 1.95 bits per heavy atom.